The van der Waals surface area contributed by atoms with Crippen molar-refractivity contribution in [1.82, 2.24) is 9.97 Å². The van der Waals surface area contributed by atoms with Crippen LogP contribution in [0, 0.1) is 5.82 Å². The van der Waals surface area contributed by atoms with Crippen LogP contribution in [0.1, 0.15) is 24.5 Å². The van der Waals surface area contributed by atoms with Crippen LogP contribution in [0.5, 0.6) is 0 Å². The molecule has 2 atom stereocenters. The van der Waals surface area contributed by atoms with Crippen molar-refractivity contribution in [2.45, 2.75) is 25.0 Å². The Morgan fingerprint density at radius 1 is 1.33 bits per heavy atom. The molecule has 0 aliphatic carbocycles. The van der Waals surface area contributed by atoms with E-state index in [0.717, 1.165) is 25.2 Å². The van der Waals surface area contributed by atoms with Crippen LogP contribution in [0.4, 0.5) is 16.0 Å². The number of aliphatic hydroxyl groups is 2. The van der Waals surface area contributed by atoms with Crippen molar-refractivity contribution in [2.24, 2.45) is 0 Å². The Kier molecular flexibility index (Phi) is 5.22. The summed E-state index contributed by atoms with van der Waals surface area (Å²) in [4.78, 5) is 10.5. The lowest BCUT2D eigenvalue weighted by atomic mass is 10.1. The first-order chi connectivity index (χ1) is 11.7. The second kappa shape index (κ2) is 7.55. The van der Waals surface area contributed by atoms with Crippen molar-refractivity contribution < 1.29 is 14.6 Å². The molecular formula is C17H21FN4O2. The Bertz CT molecular complexity index is 685. The molecule has 1 fully saturated rings. The van der Waals surface area contributed by atoms with E-state index >= 15 is 0 Å². The molecule has 3 N–H and O–H groups in total. The van der Waals surface area contributed by atoms with Gasteiger partial charge in [-0.15, -0.1) is 0 Å². The molecule has 0 bridgehead atoms. The van der Waals surface area contributed by atoms with Crippen LogP contribution in [-0.4, -0.2) is 45.9 Å². The van der Waals surface area contributed by atoms with Gasteiger partial charge in [0.25, 0.3) is 0 Å². The Hall–Kier alpha value is -2.25. The van der Waals surface area contributed by atoms with Gasteiger partial charge in [-0.2, -0.15) is 0 Å². The van der Waals surface area contributed by atoms with E-state index in [4.69, 9.17) is 0 Å². The molecule has 3 rings (SSSR count). The third kappa shape index (κ3) is 3.80. The molecular weight excluding hydrogens is 311 g/mol. The largest absolute Gasteiger partial charge is 0.394 e. The maximum absolute atomic E-state index is 13.2. The molecule has 7 heteroatoms. The summed E-state index contributed by atoms with van der Waals surface area (Å²) in [5.41, 5.74) is 0.511. The van der Waals surface area contributed by atoms with Crippen LogP contribution in [0.2, 0.25) is 0 Å². The molecule has 0 unspecified atom stereocenters. The molecule has 24 heavy (non-hydrogen) atoms. The predicted molar refractivity (Wildman–Crippen MR) is 89.3 cm³/mol. The quantitative estimate of drug-likeness (QED) is 0.747. The first-order valence-electron chi connectivity index (χ1n) is 8.04. The number of nitrogens with zero attached hydrogens (tertiary/aromatic N) is 3. The van der Waals surface area contributed by atoms with Crippen molar-refractivity contribution in [3.05, 3.63) is 48.0 Å². The average molecular weight is 332 g/mol. The minimum atomic E-state index is -0.837. The molecule has 0 saturated carbocycles. The molecule has 6 nitrogen and oxygen atoms in total. The van der Waals surface area contributed by atoms with E-state index in [2.05, 4.69) is 20.2 Å². The molecule has 0 amide bonds. The molecule has 1 aromatic carbocycles. The number of anilines is 2. The maximum Gasteiger partial charge on any atom is 0.134 e. The normalized spacial score (nSPS) is 18.6. The molecule has 0 radical (unpaired) electrons. The minimum absolute atomic E-state index is 0.0886. The highest BCUT2D eigenvalue weighted by atomic mass is 19.1. The van der Waals surface area contributed by atoms with Gasteiger partial charge >= 0.3 is 0 Å². The summed E-state index contributed by atoms with van der Waals surface area (Å²) in [6, 6.07) is 7.79. The lowest BCUT2D eigenvalue weighted by molar-refractivity contribution is 0.191. The van der Waals surface area contributed by atoms with Gasteiger partial charge in [-0.1, -0.05) is 12.1 Å². The Morgan fingerprint density at radius 2 is 2.21 bits per heavy atom. The third-order valence-corrected chi connectivity index (χ3v) is 4.24. The molecule has 128 valence electrons. The average Bonchev–Trinajstić information content (AvgIpc) is 3.08. The fourth-order valence-electron chi connectivity index (χ4n) is 2.96. The number of aromatic nitrogens is 2. The standard InChI is InChI=1S/C17H21FN4O2/c18-13-4-1-3-12(7-13)15(24)9-19-16-8-17(21-11-20-16)22-6-2-5-14(22)10-23/h1,3-4,7-8,11,14-15,23-24H,2,5-6,9-10H2,(H,19,20,21)/t14-,15+/m0/s1. The summed E-state index contributed by atoms with van der Waals surface area (Å²) in [7, 11) is 0. The van der Waals surface area contributed by atoms with E-state index in [-0.39, 0.29) is 25.0 Å². The number of halogens is 1. The van der Waals surface area contributed by atoms with E-state index in [1.165, 1.54) is 18.5 Å². The topological polar surface area (TPSA) is 81.5 Å². The smallest absolute Gasteiger partial charge is 0.134 e. The number of nitrogens with one attached hydrogen (secondary N) is 1. The zero-order valence-corrected chi connectivity index (χ0v) is 13.3. The van der Waals surface area contributed by atoms with Crippen LogP contribution >= 0.6 is 0 Å². The van der Waals surface area contributed by atoms with Crippen LogP contribution in [-0.2, 0) is 0 Å². The van der Waals surface area contributed by atoms with Crippen LogP contribution in [0.25, 0.3) is 0 Å². The zero-order chi connectivity index (χ0) is 16.9. The van der Waals surface area contributed by atoms with Gasteiger partial charge in [0.1, 0.15) is 23.8 Å². The van der Waals surface area contributed by atoms with Gasteiger partial charge in [0, 0.05) is 19.2 Å². The van der Waals surface area contributed by atoms with Gasteiger partial charge in [-0.05, 0) is 30.5 Å². The lowest BCUT2D eigenvalue weighted by Crippen LogP contribution is -2.32. The minimum Gasteiger partial charge on any atom is -0.394 e. The second-order valence-electron chi connectivity index (χ2n) is 5.89. The molecule has 1 saturated heterocycles. The number of hydrogen-bond acceptors (Lipinski definition) is 6. The van der Waals surface area contributed by atoms with Gasteiger partial charge in [0.2, 0.25) is 0 Å². The molecule has 2 aromatic rings. The van der Waals surface area contributed by atoms with E-state index < -0.39 is 6.10 Å². The van der Waals surface area contributed by atoms with Crippen molar-refractivity contribution in [1.29, 1.82) is 0 Å². The SMILES string of the molecule is OC[C@@H]1CCCN1c1cc(NC[C@@H](O)c2cccc(F)c2)ncn1. The van der Waals surface area contributed by atoms with Crippen molar-refractivity contribution in [3.63, 3.8) is 0 Å². The number of benzene rings is 1. The highest BCUT2D eigenvalue weighted by Gasteiger charge is 2.25. The molecule has 1 aliphatic rings. The van der Waals surface area contributed by atoms with Gasteiger partial charge in [-0.25, -0.2) is 14.4 Å². The predicted octanol–water partition coefficient (Wildman–Crippen LogP) is 1.72. The van der Waals surface area contributed by atoms with Crippen LogP contribution in [0.15, 0.2) is 36.7 Å². The lowest BCUT2D eigenvalue weighted by Gasteiger charge is -2.24. The van der Waals surface area contributed by atoms with Gasteiger partial charge < -0.3 is 20.4 Å². The molecule has 0 spiro atoms. The summed E-state index contributed by atoms with van der Waals surface area (Å²) >= 11 is 0. The summed E-state index contributed by atoms with van der Waals surface area (Å²) in [5.74, 6) is 0.961. The number of hydrogen-bond donors (Lipinski definition) is 3. The van der Waals surface area contributed by atoms with Crippen LogP contribution in [0.3, 0.4) is 0 Å². The maximum atomic E-state index is 13.2. The fraction of sp³-hybridized carbons (Fsp3) is 0.412. The summed E-state index contributed by atoms with van der Waals surface area (Å²) in [5, 5.41) is 22.6. The van der Waals surface area contributed by atoms with E-state index in [1.54, 1.807) is 18.2 Å². The summed E-state index contributed by atoms with van der Waals surface area (Å²) in [6.07, 6.45) is 2.59. The van der Waals surface area contributed by atoms with E-state index in [0.29, 0.717) is 11.4 Å². The summed E-state index contributed by atoms with van der Waals surface area (Å²) < 4.78 is 13.2. The first-order valence-corrected chi connectivity index (χ1v) is 8.04. The fourth-order valence-corrected chi connectivity index (χ4v) is 2.96. The number of rotatable bonds is 6. The zero-order valence-electron chi connectivity index (χ0n) is 13.3. The third-order valence-electron chi connectivity index (χ3n) is 4.24. The summed E-state index contributed by atoms with van der Waals surface area (Å²) in [6.45, 7) is 1.17. The highest BCUT2D eigenvalue weighted by molar-refractivity contribution is 5.50. The van der Waals surface area contributed by atoms with Crippen molar-refractivity contribution in [2.75, 3.05) is 29.9 Å². The van der Waals surface area contributed by atoms with E-state index in [9.17, 15) is 14.6 Å². The number of aliphatic hydroxyl groups excluding tert-OH is 2. The van der Waals surface area contributed by atoms with Crippen LogP contribution < -0.4 is 10.2 Å². The molecule has 2 heterocycles. The monoisotopic (exact) mass is 332 g/mol. The second-order valence-corrected chi connectivity index (χ2v) is 5.89. The Balaban J connectivity index is 1.64. The van der Waals surface area contributed by atoms with Crippen molar-refractivity contribution in [3.8, 4) is 0 Å². The van der Waals surface area contributed by atoms with Gasteiger partial charge in [0.15, 0.2) is 0 Å². The van der Waals surface area contributed by atoms with Gasteiger partial charge in [-0.3, -0.25) is 0 Å². The van der Waals surface area contributed by atoms with Crippen molar-refractivity contribution >= 4 is 11.6 Å². The molecule has 1 aliphatic heterocycles. The highest BCUT2D eigenvalue weighted by Crippen LogP contribution is 2.24. The molecule has 1 aromatic heterocycles. The Morgan fingerprint density at radius 3 is 3.00 bits per heavy atom. The Labute approximate surface area is 140 Å². The van der Waals surface area contributed by atoms with Gasteiger partial charge in [0.05, 0.1) is 18.8 Å². The first kappa shape index (κ1) is 16.6. The van der Waals surface area contributed by atoms with E-state index in [1.807, 2.05) is 0 Å².